The number of carbonyl (C=O) groups excluding carboxylic acids is 1. The Morgan fingerprint density at radius 1 is 1.38 bits per heavy atom. The summed E-state index contributed by atoms with van der Waals surface area (Å²) in [6.07, 6.45) is 1.31. The molecule has 7 nitrogen and oxygen atoms in total. The third kappa shape index (κ3) is 3.44. The van der Waals surface area contributed by atoms with Gasteiger partial charge >= 0.3 is 5.97 Å². The van der Waals surface area contributed by atoms with E-state index in [0.29, 0.717) is 8.95 Å². The second kappa shape index (κ2) is 6.16. The lowest BCUT2D eigenvalue weighted by Gasteiger charge is -2.13. The number of nitrogens with zero attached hydrogens (tertiary/aromatic N) is 1. The van der Waals surface area contributed by atoms with E-state index in [0.717, 1.165) is 0 Å². The van der Waals surface area contributed by atoms with Crippen LogP contribution in [-0.2, 0) is 14.8 Å². The van der Waals surface area contributed by atoms with Crippen LogP contribution in [0.2, 0.25) is 0 Å². The molecule has 0 atom stereocenters. The highest BCUT2D eigenvalue weighted by molar-refractivity contribution is 9.11. The molecule has 0 aliphatic rings. The Hall–Kier alpha value is -1.39. The standard InChI is InChI=1S/C11H9Br2N3O4S/c1-20-11(17)7-4-6(12)5-8(13)10(7)16-21(18,19)9-2-3-14-15-9/h2-5,16H,1H3,(H,14,15). The van der Waals surface area contributed by atoms with Crippen molar-refractivity contribution >= 4 is 53.5 Å². The molecular weight excluding hydrogens is 430 g/mol. The molecule has 2 rings (SSSR count). The first-order valence-corrected chi connectivity index (χ1v) is 8.51. The minimum atomic E-state index is -3.89. The number of ether oxygens (including phenoxy) is 1. The zero-order valence-corrected chi connectivity index (χ0v) is 14.5. The summed E-state index contributed by atoms with van der Waals surface area (Å²) in [6, 6.07) is 4.37. The van der Waals surface area contributed by atoms with Crippen LogP contribution in [-0.4, -0.2) is 31.7 Å². The number of anilines is 1. The van der Waals surface area contributed by atoms with Gasteiger partial charge in [0.2, 0.25) is 0 Å². The SMILES string of the molecule is COC(=O)c1cc(Br)cc(Br)c1NS(=O)(=O)c1ccn[nH]1. The molecule has 21 heavy (non-hydrogen) atoms. The van der Waals surface area contributed by atoms with E-state index in [9.17, 15) is 13.2 Å². The first kappa shape index (κ1) is 16.0. The first-order chi connectivity index (χ1) is 9.85. The number of hydrogen-bond donors (Lipinski definition) is 2. The second-order valence-corrected chi connectivity index (χ2v) is 7.25. The number of rotatable bonds is 4. The van der Waals surface area contributed by atoms with Crippen molar-refractivity contribution in [3.63, 3.8) is 0 Å². The summed E-state index contributed by atoms with van der Waals surface area (Å²) in [6.45, 7) is 0. The Labute approximate surface area is 137 Å². The third-order valence-electron chi connectivity index (χ3n) is 2.46. The van der Waals surface area contributed by atoms with E-state index in [1.54, 1.807) is 6.07 Å². The van der Waals surface area contributed by atoms with Crippen LogP contribution in [0, 0.1) is 0 Å². The molecule has 1 aromatic heterocycles. The summed E-state index contributed by atoms with van der Waals surface area (Å²) in [5.74, 6) is -0.667. The van der Waals surface area contributed by atoms with Crippen molar-refractivity contribution in [3.05, 3.63) is 38.9 Å². The molecule has 1 aromatic carbocycles. The van der Waals surface area contributed by atoms with Gasteiger partial charge in [0, 0.05) is 8.95 Å². The van der Waals surface area contributed by atoms with Crippen molar-refractivity contribution < 1.29 is 17.9 Å². The average Bonchev–Trinajstić information content (AvgIpc) is 2.95. The molecule has 0 radical (unpaired) electrons. The van der Waals surface area contributed by atoms with Gasteiger partial charge in [-0.25, -0.2) is 4.79 Å². The molecule has 1 heterocycles. The molecule has 0 saturated carbocycles. The molecule has 0 unspecified atom stereocenters. The van der Waals surface area contributed by atoms with Crippen LogP contribution in [0.25, 0.3) is 0 Å². The average molecular weight is 439 g/mol. The number of sulfonamides is 1. The topological polar surface area (TPSA) is 101 Å². The maximum Gasteiger partial charge on any atom is 0.340 e. The van der Waals surface area contributed by atoms with Crippen LogP contribution >= 0.6 is 31.9 Å². The quantitative estimate of drug-likeness (QED) is 0.714. The number of esters is 1. The van der Waals surface area contributed by atoms with E-state index in [-0.39, 0.29) is 16.3 Å². The van der Waals surface area contributed by atoms with Gasteiger partial charge in [-0.05, 0) is 34.1 Å². The van der Waals surface area contributed by atoms with Crippen molar-refractivity contribution in [2.24, 2.45) is 0 Å². The number of nitrogens with one attached hydrogen (secondary N) is 2. The largest absolute Gasteiger partial charge is 0.465 e. The highest BCUT2D eigenvalue weighted by atomic mass is 79.9. The highest BCUT2D eigenvalue weighted by Gasteiger charge is 2.23. The fourth-order valence-electron chi connectivity index (χ4n) is 1.53. The predicted octanol–water partition coefficient (Wildman–Crippen LogP) is 2.52. The Morgan fingerprint density at radius 2 is 2.10 bits per heavy atom. The molecule has 2 N–H and O–H groups in total. The zero-order chi connectivity index (χ0) is 15.6. The number of carbonyl (C=O) groups is 1. The molecule has 0 fully saturated rings. The number of hydrogen-bond acceptors (Lipinski definition) is 5. The number of methoxy groups -OCH3 is 1. The lowest BCUT2D eigenvalue weighted by molar-refractivity contribution is 0.0602. The number of halogens is 2. The van der Waals surface area contributed by atoms with Gasteiger partial charge in [-0.2, -0.15) is 13.5 Å². The highest BCUT2D eigenvalue weighted by Crippen LogP contribution is 2.32. The molecule has 2 aromatic rings. The maximum atomic E-state index is 12.2. The fraction of sp³-hybridized carbons (Fsp3) is 0.0909. The van der Waals surface area contributed by atoms with E-state index in [1.165, 1.54) is 25.4 Å². The van der Waals surface area contributed by atoms with Crippen molar-refractivity contribution in [3.8, 4) is 0 Å². The van der Waals surface area contributed by atoms with Gasteiger partial charge in [0.25, 0.3) is 10.0 Å². The van der Waals surface area contributed by atoms with Gasteiger partial charge in [0.1, 0.15) is 0 Å². The van der Waals surface area contributed by atoms with Crippen LogP contribution in [0.15, 0.2) is 38.4 Å². The monoisotopic (exact) mass is 437 g/mol. The van der Waals surface area contributed by atoms with Gasteiger partial charge < -0.3 is 4.74 Å². The van der Waals surface area contributed by atoms with Gasteiger partial charge in [0.05, 0.1) is 24.6 Å². The van der Waals surface area contributed by atoms with Crippen LogP contribution in [0.4, 0.5) is 5.69 Å². The molecule has 112 valence electrons. The first-order valence-electron chi connectivity index (χ1n) is 5.44. The fourth-order valence-corrected chi connectivity index (χ4v) is 4.00. The van der Waals surface area contributed by atoms with E-state index in [1.807, 2.05) is 0 Å². The predicted molar refractivity (Wildman–Crippen MR) is 82.6 cm³/mol. The normalized spacial score (nSPS) is 11.2. The van der Waals surface area contributed by atoms with E-state index < -0.39 is 16.0 Å². The molecule has 10 heteroatoms. The van der Waals surface area contributed by atoms with Crippen LogP contribution < -0.4 is 4.72 Å². The molecule has 0 aliphatic carbocycles. The Morgan fingerprint density at radius 3 is 2.67 bits per heavy atom. The van der Waals surface area contributed by atoms with E-state index in [2.05, 4.69) is 51.5 Å². The van der Waals surface area contributed by atoms with Gasteiger partial charge in [-0.15, -0.1) is 0 Å². The van der Waals surface area contributed by atoms with E-state index in [4.69, 9.17) is 0 Å². The molecular formula is C11H9Br2N3O4S. The van der Waals surface area contributed by atoms with Crippen LogP contribution in [0.3, 0.4) is 0 Å². The summed E-state index contributed by atoms with van der Waals surface area (Å²) in [4.78, 5) is 11.8. The Kier molecular flexibility index (Phi) is 4.69. The Balaban J connectivity index is 2.52. The molecule has 0 saturated heterocycles. The van der Waals surface area contributed by atoms with E-state index >= 15 is 0 Å². The maximum absolute atomic E-state index is 12.2. The third-order valence-corrected chi connectivity index (χ3v) is 4.82. The van der Waals surface area contributed by atoms with Gasteiger partial charge in [-0.3, -0.25) is 9.82 Å². The molecule has 0 aliphatic heterocycles. The number of benzene rings is 1. The summed E-state index contributed by atoms with van der Waals surface area (Å²) in [5.41, 5.74) is 0.154. The molecule has 0 bridgehead atoms. The van der Waals surface area contributed by atoms with Gasteiger partial charge in [-0.1, -0.05) is 15.9 Å². The number of aromatic nitrogens is 2. The molecule has 0 amide bonds. The van der Waals surface area contributed by atoms with Crippen molar-refractivity contribution in [2.45, 2.75) is 5.03 Å². The molecule has 0 spiro atoms. The summed E-state index contributed by atoms with van der Waals surface area (Å²) < 4.78 is 32.4. The number of H-pyrrole nitrogens is 1. The zero-order valence-electron chi connectivity index (χ0n) is 10.6. The smallest absolute Gasteiger partial charge is 0.340 e. The summed E-state index contributed by atoms with van der Waals surface area (Å²) in [7, 11) is -2.68. The lowest BCUT2D eigenvalue weighted by atomic mass is 10.2. The number of aromatic amines is 1. The van der Waals surface area contributed by atoms with Gasteiger partial charge in [0.15, 0.2) is 5.03 Å². The van der Waals surface area contributed by atoms with Crippen molar-refractivity contribution in [1.29, 1.82) is 0 Å². The van der Waals surface area contributed by atoms with Crippen molar-refractivity contribution in [1.82, 2.24) is 10.2 Å². The summed E-state index contributed by atoms with van der Waals surface area (Å²) in [5, 5.41) is 5.82. The Bertz CT molecular complexity index is 775. The second-order valence-electron chi connectivity index (χ2n) is 3.83. The minimum absolute atomic E-state index is 0.0711. The van der Waals surface area contributed by atoms with Crippen LogP contribution in [0.5, 0.6) is 0 Å². The lowest BCUT2D eigenvalue weighted by Crippen LogP contribution is -2.17. The summed E-state index contributed by atoms with van der Waals surface area (Å²) >= 11 is 6.45. The minimum Gasteiger partial charge on any atom is -0.465 e. The van der Waals surface area contributed by atoms with Crippen LogP contribution in [0.1, 0.15) is 10.4 Å². The van der Waals surface area contributed by atoms with Crippen molar-refractivity contribution in [2.75, 3.05) is 11.8 Å².